The van der Waals surface area contributed by atoms with Gasteiger partial charge in [0, 0.05) is 30.1 Å². The highest BCUT2D eigenvalue weighted by Crippen LogP contribution is 2.31. The van der Waals surface area contributed by atoms with Crippen molar-refractivity contribution in [1.82, 2.24) is 14.8 Å². The Balaban J connectivity index is 2.17. The number of nitrogen functional groups attached to an aromatic ring is 1. The number of nitrogens with two attached hydrogens (primary N) is 1. The van der Waals surface area contributed by atoms with Crippen LogP contribution in [0.3, 0.4) is 0 Å². The van der Waals surface area contributed by atoms with Crippen LogP contribution in [0.25, 0.3) is 11.3 Å². The van der Waals surface area contributed by atoms with Crippen LogP contribution in [0.5, 0.6) is 0 Å². The van der Waals surface area contributed by atoms with Crippen molar-refractivity contribution in [2.75, 3.05) is 11.9 Å². The Kier molecular flexibility index (Phi) is 2.91. The lowest BCUT2D eigenvalue weighted by molar-refractivity contribution is 0.781. The number of nitrogens with one attached hydrogen (secondary N) is 2. The first kappa shape index (κ1) is 11.7. The molecule has 3 heterocycles. The zero-order valence-electron chi connectivity index (χ0n) is 10.6. The van der Waals surface area contributed by atoms with Crippen LogP contribution in [0.2, 0.25) is 0 Å². The third-order valence-electron chi connectivity index (χ3n) is 3.29. The molecule has 1 aliphatic rings. The highest BCUT2D eigenvalue weighted by atomic mass is 15.4. The lowest BCUT2D eigenvalue weighted by Gasteiger charge is -2.06. The van der Waals surface area contributed by atoms with Gasteiger partial charge >= 0.3 is 0 Å². The standard InChI is InChI=1S/C13H16N6/c14-13(15)19-12-10(5-1-2-7-17-12)11(18-19)9-4-3-6-16-8-9/h3-4,6,8,17H,1-2,5,7H2,(H3,14,15). The van der Waals surface area contributed by atoms with Crippen LogP contribution < -0.4 is 11.1 Å². The van der Waals surface area contributed by atoms with Gasteiger partial charge in [-0.25, -0.2) is 0 Å². The number of nitrogens with zero attached hydrogens (tertiary/aromatic N) is 3. The van der Waals surface area contributed by atoms with Gasteiger partial charge in [-0.2, -0.15) is 9.78 Å². The van der Waals surface area contributed by atoms with Gasteiger partial charge in [0.05, 0.1) is 5.69 Å². The minimum Gasteiger partial charge on any atom is -0.370 e. The Bertz CT molecular complexity index is 601. The van der Waals surface area contributed by atoms with Crippen LogP contribution >= 0.6 is 0 Å². The Hall–Kier alpha value is -2.37. The predicted molar refractivity (Wildman–Crippen MR) is 74.2 cm³/mol. The smallest absolute Gasteiger partial charge is 0.215 e. The number of anilines is 1. The molecule has 1 aliphatic heterocycles. The predicted octanol–water partition coefficient (Wildman–Crippen LogP) is 1.43. The molecule has 0 spiro atoms. The second kappa shape index (κ2) is 4.72. The Morgan fingerprint density at radius 3 is 3.05 bits per heavy atom. The summed E-state index contributed by atoms with van der Waals surface area (Å²) in [7, 11) is 0. The topological polar surface area (TPSA) is 92.6 Å². The summed E-state index contributed by atoms with van der Waals surface area (Å²) in [5, 5.41) is 15.4. The van der Waals surface area contributed by atoms with Crippen molar-refractivity contribution >= 4 is 11.8 Å². The van der Waals surface area contributed by atoms with Crippen molar-refractivity contribution in [3.8, 4) is 11.3 Å². The molecule has 4 N–H and O–H groups in total. The number of aromatic nitrogens is 3. The molecule has 6 nitrogen and oxygen atoms in total. The second-order valence-corrected chi connectivity index (χ2v) is 4.60. The molecule has 3 rings (SSSR count). The number of hydrogen-bond donors (Lipinski definition) is 3. The quantitative estimate of drug-likeness (QED) is 0.531. The van der Waals surface area contributed by atoms with Gasteiger partial charge in [-0.1, -0.05) is 0 Å². The minimum atomic E-state index is -0.0687. The third kappa shape index (κ3) is 2.05. The maximum absolute atomic E-state index is 7.65. The van der Waals surface area contributed by atoms with Crippen LogP contribution in [0.1, 0.15) is 18.4 Å². The van der Waals surface area contributed by atoms with E-state index < -0.39 is 0 Å². The van der Waals surface area contributed by atoms with Crippen LogP contribution in [-0.4, -0.2) is 27.3 Å². The van der Waals surface area contributed by atoms with Gasteiger partial charge in [-0.3, -0.25) is 10.4 Å². The molecule has 0 bridgehead atoms. The van der Waals surface area contributed by atoms with Gasteiger partial charge in [0.1, 0.15) is 5.82 Å². The SMILES string of the molecule is N=C(N)n1nc(-c2cccnc2)c2c1NCCCC2. The number of pyridine rings is 1. The van der Waals surface area contributed by atoms with Crippen molar-refractivity contribution in [3.63, 3.8) is 0 Å². The average Bonchev–Trinajstić information content (AvgIpc) is 2.62. The molecule has 98 valence electrons. The first-order valence-corrected chi connectivity index (χ1v) is 6.38. The fourth-order valence-electron chi connectivity index (χ4n) is 2.41. The monoisotopic (exact) mass is 256 g/mol. The maximum atomic E-state index is 7.65. The van der Waals surface area contributed by atoms with Crippen LogP contribution in [0.15, 0.2) is 24.5 Å². The van der Waals surface area contributed by atoms with Gasteiger partial charge < -0.3 is 11.1 Å². The summed E-state index contributed by atoms with van der Waals surface area (Å²) in [6.45, 7) is 0.887. The molecule has 0 aromatic carbocycles. The van der Waals surface area contributed by atoms with Crippen molar-refractivity contribution in [1.29, 1.82) is 5.41 Å². The van der Waals surface area contributed by atoms with Crippen LogP contribution in [0, 0.1) is 5.41 Å². The van der Waals surface area contributed by atoms with E-state index in [0.717, 1.165) is 48.4 Å². The van der Waals surface area contributed by atoms with E-state index in [4.69, 9.17) is 11.1 Å². The average molecular weight is 256 g/mol. The molecule has 0 fully saturated rings. The normalized spacial score (nSPS) is 14.3. The van der Waals surface area contributed by atoms with Crippen molar-refractivity contribution in [3.05, 3.63) is 30.1 Å². The molecular weight excluding hydrogens is 240 g/mol. The fourth-order valence-corrected chi connectivity index (χ4v) is 2.41. The van der Waals surface area contributed by atoms with Gasteiger partial charge in [0.15, 0.2) is 0 Å². The van der Waals surface area contributed by atoms with Gasteiger partial charge in [0.25, 0.3) is 0 Å². The molecule has 19 heavy (non-hydrogen) atoms. The van der Waals surface area contributed by atoms with E-state index in [1.807, 2.05) is 12.1 Å². The third-order valence-corrected chi connectivity index (χ3v) is 3.29. The van der Waals surface area contributed by atoms with E-state index in [0.29, 0.717) is 0 Å². The molecule has 0 radical (unpaired) electrons. The molecular formula is C13H16N6. The Labute approximate surface area is 111 Å². The summed E-state index contributed by atoms with van der Waals surface area (Å²) in [4.78, 5) is 4.13. The van der Waals surface area contributed by atoms with Gasteiger partial charge in [-0.05, 0) is 31.4 Å². The van der Waals surface area contributed by atoms with E-state index in [-0.39, 0.29) is 5.96 Å². The first-order valence-electron chi connectivity index (χ1n) is 6.38. The Morgan fingerprint density at radius 1 is 1.42 bits per heavy atom. The second-order valence-electron chi connectivity index (χ2n) is 4.60. The molecule has 6 heteroatoms. The summed E-state index contributed by atoms with van der Waals surface area (Å²) in [5.74, 6) is 0.782. The van der Waals surface area contributed by atoms with Gasteiger partial charge in [0.2, 0.25) is 5.96 Å². The van der Waals surface area contributed by atoms with E-state index in [9.17, 15) is 0 Å². The summed E-state index contributed by atoms with van der Waals surface area (Å²) in [6, 6.07) is 3.86. The van der Waals surface area contributed by atoms with Crippen molar-refractivity contribution in [2.45, 2.75) is 19.3 Å². The largest absolute Gasteiger partial charge is 0.370 e. The lowest BCUT2D eigenvalue weighted by atomic mass is 10.1. The van der Waals surface area contributed by atoms with Crippen LogP contribution in [0.4, 0.5) is 5.82 Å². The summed E-state index contributed by atoms with van der Waals surface area (Å²) < 4.78 is 1.48. The highest BCUT2D eigenvalue weighted by molar-refractivity contribution is 5.83. The molecule has 0 aliphatic carbocycles. The molecule has 0 unspecified atom stereocenters. The fraction of sp³-hybridized carbons (Fsp3) is 0.308. The first-order chi connectivity index (χ1) is 9.27. The number of fused-ring (bicyclic) bond motifs is 1. The molecule has 0 saturated heterocycles. The molecule has 0 saturated carbocycles. The van der Waals surface area contributed by atoms with Crippen molar-refractivity contribution in [2.24, 2.45) is 5.73 Å². The van der Waals surface area contributed by atoms with E-state index in [1.165, 1.54) is 4.68 Å². The van der Waals surface area contributed by atoms with Gasteiger partial charge in [-0.15, -0.1) is 0 Å². The van der Waals surface area contributed by atoms with E-state index in [2.05, 4.69) is 15.4 Å². The van der Waals surface area contributed by atoms with Crippen molar-refractivity contribution < 1.29 is 0 Å². The van der Waals surface area contributed by atoms with E-state index >= 15 is 0 Å². The molecule has 2 aromatic rings. The lowest BCUT2D eigenvalue weighted by Crippen LogP contribution is -2.24. The number of hydrogen-bond acceptors (Lipinski definition) is 4. The summed E-state index contributed by atoms with van der Waals surface area (Å²) in [5.41, 5.74) is 8.56. The van der Waals surface area contributed by atoms with Crippen LogP contribution in [-0.2, 0) is 6.42 Å². The molecule has 0 atom stereocenters. The highest BCUT2D eigenvalue weighted by Gasteiger charge is 2.21. The maximum Gasteiger partial charge on any atom is 0.215 e. The Morgan fingerprint density at radius 2 is 2.32 bits per heavy atom. The zero-order valence-corrected chi connectivity index (χ0v) is 10.6. The zero-order chi connectivity index (χ0) is 13.2. The summed E-state index contributed by atoms with van der Waals surface area (Å²) in [6.07, 6.45) is 6.69. The molecule has 2 aromatic heterocycles. The van der Waals surface area contributed by atoms with E-state index in [1.54, 1.807) is 12.4 Å². The number of rotatable bonds is 1. The summed E-state index contributed by atoms with van der Waals surface area (Å²) >= 11 is 0. The minimum absolute atomic E-state index is 0.0687. The molecule has 0 amide bonds.